The molecule has 0 amide bonds. The van der Waals surface area contributed by atoms with Crippen LogP contribution < -0.4 is 5.73 Å². The van der Waals surface area contributed by atoms with Gasteiger partial charge in [-0.2, -0.15) is 0 Å². The maximum Gasteiger partial charge on any atom is 0.267 e. The zero-order chi connectivity index (χ0) is 7.78. The zero-order valence-electron chi connectivity index (χ0n) is 5.09. The van der Waals surface area contributed by atoms with Gasteiger partial charge in [-0.15, -0.1) is 11.6 Å². The van der Waals surface area contributed by atoms with Gasteiger partial charge in [0.2, 0.25) is 0 Å². The SMILES string of the molecule is NC1=CC=CC(Cl)[C@@]1(O)F. The number of nitrogens with two attached hydrogens (primary N) is 1. The van der Waals surface area contributed by atoms with E-state index in [1.165, 1.54) is 18.2 Å². The van der Waals surface area contributed by atoms with Crippen molar-refractivity contribution in [3.8, 4) is 0 Å². The second kappa shape index (κ2) is 2.25. The summed E-state index contributed by atoms with van der Waals surface area (Å²) in [6.07, 6.45) is 4.11. The van der Waals surface area contributed by atoms with Crippen LogP contribution in [0.5, 0.6) is 0 Å². The summed E-state index contributed by atoms with van der Waals surface area (Å²) in [6.45, 7) is 0. The number of hydrogen-bond acceptors (Lipinski definition) is 2. The Bertz CT molecular complexity index is 200. The van der Waals surface area contributed by atoms with Gasteiger partial charge >= 0.3 is 0 Å². The Morgan fingerprint density at radius 2 is 2.40 bits per heavy atom. The minimum absolute atomic E-state index is 0.255. The number of rotatable bonds is 0. The standard InChI is InChI=1S/C6H7ClFNO/c7-4-2-1-3-5(9)6(4,8)10/h1-4,10H,9H2/t4?,6-/m0/s1. The summed E-state index contributed by atoms with van der Waals surface area (Å²) < 4.78 is 12.8. The second-order valence-corrected chi connectivity index (χ2v) is 2.55. The molecule has 3 N–H and O–H groups in total. The van der Waals surface area contributed by atoms with Crippen LogP contribution in [-0.2, 0) is 0 Å². The molecule has 2 nitrogen and oxygen atoms in total. The summed E-state index contributed by atoms with van der Waals surface area (Å²) in [7, 11) is 0. The summed E-state index contributed by atoms with van der Waals surface area (Å²) in [6, 6.07) is 0. The third-order valence-electron chi connectivity index (χ3n) is 1.33. The molecule has 0 saturated heterocycles. The predicted octanol–water partition coefficient (Wildman–Crippen LogP) is 0.664. The normalized spacial score (nSPS) is 39.5. The highest BCUT2D eigenvalue weighted by Crippen LogP contribution is 2.27. The summed E-state index contributed by atoms with van der Waals surface area (Å²) in [5.41, 5.74) is 4.85. The van der Waals surface area contributed by atoms with E-state index in [1.807, 2.05) is 0 Å². The average molecular weight is 164 g/mol. The first-order valence-electron chi connectivity index (χ1n) is 2.75. The molecule has 1 aliphatic rings. The van der Waals surface area contributed by atoms with Crippen LogP contribution in [0.15, 0.2) is 23.9 Å². The molecule has 56 valence electrons. The van der Waals surface area contributed by atoms with Crippen molar-refractivity contribution in [2.75, 3.05) is 0 Å². The third-order valence-corrected chi connectivity index (χ3v) is 1.76. The first-order chi connectivity index (χ1) is 4.55. The van der Waals surface area contributed by atoms with Crippen LogP contribution in [0.1, 0.15) is 0 Å². The molecule has 0 heterocycles. The third kappa shape index (κ3) is 1.02. The lowest BCUT2D eigenvalue weighted by molar-refractivity contribution is -0.0481. The molecule has 4 heteroatoms. The Morgan fingerprint density at radius 1 is 1.80 bits per heavy atom. The van der Waals surface area contributed by atoms with Crippen molar-refractivity contribution >= 4 is 11.6 Å². The van der Waals surface area contributed by atoms with Gasteiger partial charge in [-0.3, -0.25) is 0 Å². The molecular weight excluding hydrogens is 157 g/mol. The van der Waals surface area contributed by atoms with E-state index in [0.29, 0.717) is 0 Å². The Labute approximate surface area is 62.8 Å². The lowest BCUT2D eigenvalue weighted by Crippen LogP contribution is -2.39. The van der Waals surface area contributed by atoms with Crippen molar-refractivity contribution in [3.05, 3.63) is 23.9 Å². The monoisotopic (exact) mass is 163 g/mol. The van der Waals surface area contributed by atoms with Gasteiger partial charge in [0.05, 0.1) is 5.70 Å². The molecule has 1 aliphatic carbocycles. The highest BCUT2D eigenvalue weighted by Gasteiger charge is 2.38. The Hall–Kier alpha value is -0.540. The van der Waals surface area contributed by atoms with Gasteiger partial charge in [-0.25, -0.2) is 4.39 Å². The molecule has 10 heavy (non-hydrogen) atoms. The van der Waals surface area contributed by atoms with E-state index in [0.717, 1.165) is 0 Å². The van der Waals surface area contributed by atoms with Crippen LogP contribution in [0.2, 0.25) is 0 Å². The fraction of sp³-hybridized carbons (Fsp3) is 0.333. The van der Waals surface area contributed by atoms with Crippen molar-refractivity contribution < 1.29 is 9.50 Å². The smallest absolute Gasteiger partial charge is 0.267 e. The summed E-state index contributed by atoms with van der Waals surface area (Å²) in [5.74, 6) is -2.59. The molecule has 1 unspecified atom stereocenters. The van der Waals surface area contributed by atoms with Crippen LogP contribution in [0.3, 0.4) is 0 Å². The van der Waals surface area contributed by atoms with E-state index in [2.05, 4.69) is 0 Å². The van der Waals surface area contributed by atoms with Gasteiger partial charge in [0.1, 0.15) is 5.38 Å². The topological polar surface area (TPSA) is 46.2 Å². The fourth-order valence-electron chi connectivity index (χ4n) is 0.660. The van der Waals surface area contributed by atoms with Gasteiger partial charge < -0.3 is 10.8 Å². The molecule has 0 aromatic carbocycles. The molecule has 0 aromatic heterocycles. The van der Waals surface area contributed by atoms with Gasteiger partial charge in [-0.05, 0) is 6.08 Å². The van der Waals surface area contributed by atoms with E-state index in [1.54, 1.807) is 0 Å². The maximum atomic E-state index is 12.8. The first-order valence-corrected chi connectivity index (χ1v) is 3.18. The second-order valence-electron chi connectivity index (χ2n) is 2.08. The van der Waals surface area contributed by atoms with Crippen LogP contribution >= 0.6 is 11.6 Å². The van der Waals surface area contributed by atoms with Crippen LogP contribution in [0.4, 0.5) is 4.39 Å². The first kappa shape index (κ1) is 7.57. The Kier molecular flexibility index (Phi) is 1.70. The van der Waals surface area contributed by atoms with Crippen molar-refractivity contribution in [1.29, 1.82) is 0 Å². The molecule has 2 atom stereocenters. The van der Waals surface area contributed by atoms with Gasteiger partial charge in [-0.1, -0.05) is 12.2 Å². The lowest BCUT2D eigenvalue weighted by Gasteiger charge is -2.24. The molecule has 1 rings (SSSR count). The molecule has 0 aromatic rings. The van der Waals surface area contributed by atoms with E-state index in [4.69, 9.17) is 22.4 Å². The minimum Gasteiger partial charge on any atom is -0.397 e. The van der Waals surface area contributed by atoms with Gasteiger partial charge in [0, 0.05) is 0 Å². The minimum atomic E-state index is -2.59. The predicted molar refractivity (Wildman–Crippen MR) is 37.1 cm³/mol. The number of aliphatic hydroxyl groups is 1. The van der Waals surface area contributed by atoms with E-state index in [9.17, 15) is 4.39 Å². The van der Waals surface area contributed by atoms with Crippen molar-refractivity contribution in [2.45, 2.75) is 11.2 Å². The molecule has 0 aliphatic heterocycles. The van der Waals surface area contributed by atoms with E-state index < -0.39 is 11.2 Å². The van der Waals surface area contributed by atoms with Crippen LogP contribution in [0.25, 0.3) is 0 Å². The van der Waals surface area contributed by atoms with Crippen molar-refractivity contribution in [3.63, 3.8) is 0 Å². The highest BCUT2D eigenvalue weighted by atomic mass is 35.5. The van der Waals surface area contributed by atoms with Crippen LogP contribution in [-0.4, -0.2) is 16.3 Å². The van der Waals surface area contributed by atoms with Gasteiger partial charge in [0.25, 0.3) is 5.85 Å². The maximum absolute atomic E-state index is 12.8. The molecule has 0 fully saturated rings. The number of alkyl halides is 2. The van der Waals surface area contributed by atoms with E-state index >= 15 is 0 Å². The quantitative estimate of drug-likeness (QED) is 0.516. The summed E-state index contributed by atoms with van der Waals surface area (Å²) >= 11 is 5.37. The zero-order valence-corrected chi connectivity index (χ0v) is 5.85. The molecule has 0 radical (unpaired) electrons. The lowest BCUT2D eigenvalue weighted by atomic mass is 10.1. The molecule has 0 saturated carbocycles. The van der Waals surface area contributed by atoms with Crippen LogP contribution in [0, 0.1) is 0 Å². The number of hydrogen-bond donors (Lipinski definition) is 2. The van der Waals surface area contributed by atoms with E-state index in [-0.39, 0.29) is 5.70 Å². The fourth-order valence-corrected chi connectivity index (χ4v) is 0.870. The average Bonchev–Trinajstić information content (AvgIpc) is 1.84. The molecule has 0 spiro atoms. The highest BCUT2D eigenvalue weighted by molar-refractivity contribution is 6.22. The Balaban J connectivity index is 2.93. The Morgan fingerprint density at radius 3 is 2.80 bits per heavy atom. The summed E-state index contributed by atoms with van der Waals surface area (Å²) in [4.78, 5) is 0. The van der Waals surface area contributed by atoms with Crippen molar-refractivity contribution in [2.24, 2.45) is 5.73 Å². The largest absolute Gasteiger partial charge is 0.397 e. The van der Waals surface area contributed by atoms with Crippen molar-refractivity contribution in [1.82, 2.24) is 0 Å². The molecular formula is C6H7ClFNO. The number of halogens is 2. The number of allylic oxidation sites excluding steroid dienone is 2. The summed E-state index contributed by atoms with van der Waals surface area (Å²) in [5, 5.41) is 7.78. The van der Waals surface area contributed by atoms with Gasteiger partial charge in [0.15, 0.2) is 0 Å². The molecule has 0 bridgehead atoms.